The molecule has 214 valence electrons. The molecule has 0 aliphatic heterocycles. The van der Waals surface area contributed by atoms with Crippen molar-refractivity contribution in [1.82, 2.24) is 0 Å². The summed E-state index contributed by atoms with van der Waals surface area (Å²) in [7, 11) is 0. The lowest BCUT2D eigenvalue weighted by Gasteiger charge is -2.27. The highest BCUT2D eigenvalue weighted by atomic mass is 15.1. The Morgan fingerprint density at radius 3 is 1.91 bits per heavy atom. The van der Waals surface area contributed by atoms with Gasteiger partial charge in [-0.15, -0.1) is 0 Å². The van der Waals surface area contributed by atoms with Crippen LogP contribution in [0.3, 0.4) is 0 Å². The zero-order valence-electron chi connectivity index (χ0n) is 25.4. The first-order chi connectivity index (χ1) is 21.7. The molecule has 0 atom stereocenters. The van der Waals surface area contributed by atoms with Crippen LogP contribution in [0.5, 0.6) is 0 Å². The molecule has 0 aromatic heterocycles. The van der Waals surface area contributed by atoms with Crippen molar-refractivity contribution < 1.29 is 0 Å². The number of nitrogens with zero attached hydrogens (tertiary/aromatic N) is 1. The minimum atomic E-state index is 0.867. The van der Waals surface area contributed by atoms with Crippen LogP contribution < -0.4 is 4.90 Å². The first-order valence-corrected chi connectivity index (χ1v) is 15.2. The smallest absolute Gasteiger partial charge is 0.0540 e. The molecule has 0 saturated carbocycles. The van der Waals surface area contributed by atoms with Crippen molar-refractivity contribution in [3.05, 3.63) is 187 Å². The number of fused-ring (bicyclic) bond motifs is 2. The number of allylic oxidation sites excluding steroid dienone is 7. The van der Waals surface area contributed by atoms with E-state index in [1.54, 1.807) is 0 Å². The van der Waals surface area contributed by atoms with E-state index in [-0.39, 0.29) is 0 Å². The van der Waals surface area contributed by atoms with E-state index in [1.807, 2.05) is 12.2 Å². The predicted octanol–water partition coefficient (Wildman–Crippen LogP) is 12.3. The van der Waals surface area contributed by atoms with Gasteiger partial charge in [-0.05, 0) is 94.6 Å². The van der Waals surface area contributed by atoms with Gasteiger partial charge in [0.05, 0.1) is 5.69 Å². The monoisotopic (exact) mass is 567 g/mol. The number of rotatable bonds is 9. The van der Waals surface area contributed by atoms with Crippen LogP contribution in [0, 0.1) is 0 Å². The molecule has 1 heteroatoms. The van der Waals surface area contributed by atoms with Crippen molar-refractivity contribution in [2.24, 2.45) is 0 Å². The SMILES string of the molecule is C=C\C=C/C(C)=C(/C=C\C)Cc1ccc(N(c2ccc(-c3cccc4ccccc34)cc2)c2cccc3ccccc23)cc1. The van der Waals surface area contributed by atoms with Gasteiger partial charge in [-0.25, -0.2) is 0 Å². The normalized spacial score (nSPS) is 12.2. The minimum absolute atomic E-state index is 0.867. The Morgan fingerprint density at radius 2 is 1.23 bits per heavy atom. The van der Waals surface area contributed by atoms with E-state index in [4.69, 9.17) is 0 Å². The van der Waals surface area contributed by atoms with E-state index in [2.05, 4.69) is 177 Å². The number of benzene rings is 6. The summed E-state index contributed by atoms with van der Waals surface area (Å²) in [6, 6.07) is 48.3. The lowest BCUT2D eigenvalue weighted by Crippen LogP contribution is -2.10. The van der Waals surface area contributed by atoms with Gasteiger partial charge in [-0.1, -0.05) is 140 Å². The van der Waals surface area contributed by atoms with Crippen molar-refractivity contribution in [1.29, 1.82) is 0 Å². The molecule has 6 aromatic rings. The second-order valence-corrected chi connectivity index (χ2v) is 11.1. The van der Waals surface area contributed by atoms with Crippen LogP contribution in [0.25, 0.3) is 32.7 Å². The predicted molar refractivity (Wildman–Crippen MR) is 192 cm³/mol. The highest BCUT2D eigenvalue weighted by molar-refractivity contribution is 6.00. The van der Waals surface area contributed by atoms with Crippen LogP contribution in [-0.4, -0.2) is 0 Å². The Morgan fingerprint density at radius 1 is 0.636 bits per heavy atom. The maximum absolute atomic E-state index is 3.82. The summed E-state index contributed by atoms with van der Waals surface area (Å²) in [5, 5.41) is 4.97. The molecule has 0 spiro atoms. The molecule has 0 heterocycles. The maximum Gasteiger partial charge on any atom is 0.0540 e. The summed E-state index contributed by atoms with van der Waals surface area (Å²) in [5.74, 6) is 0. The van der Waals surface area contributed by atoms with Crippen LogP contribution in [0.4, 0.5) is 17.1 Å². The third kappa shape index (κ3) is 6.04. The number of anilines is 3. The second-order valence-electron chi connectivity index (χ2n) is 11.1. The maximum atomic E-state index is 3.82. The molecule has 0 N–H and O–H groups in total. The summed E-state index contributed by atoms with van der Waals surface area (Å²) in [5.41, 5.74) is 9.69. The topological polar surface area (TPSA) is 3.24 Å². The average Bonchev–Trinajstić information content (AvgIpc) is 3.08. The third-order valence-corrected chi connectivity index (χ3v) is 8.18. The van der Waals surface area contributed by atoms with E-state index in [0.29, 0.717) is 0 Å². The molecule has 0 aliphatic rings. The van der Waals surface area contributed by atoms with Gasteiger partial charge in [-0.3, -0.25) is 0 Å². The van der Waals surface area contributed by atoms with E-state index >= 15 is 0 Å². The van der Waals surface area contributed by atoms with Crippen molar-refractivity contribution in [2.45, 2.75) is 20.3 Å². The lowest BCUT2D eigenvalue weighted by molar-refractivity contribution is 1.16. The molecule has 44 heavy (non-hydrogen) atoms. The molecule has 0 unspecified atom stereocenters. The van der Waals surface area contributed by atoms with E-state index in [1.165, 1.54) is 49.4 Å². The Labute approximate surface area is 261 Å². The van der Waals surface area contributed by atoms with Crippen LogP contribution in [0.15, 0.2) is 182 Å². The first kappa shape index (κ1) is 28.7. The largest absolute Gasteiger partial charge is 0.310 e. The average molecular weight is 568 g/mol. The molecular formula is C43H37N. The molecule has 0 amide bonds. The van der Waals surface area contributed by atoms with E-state index in [9.17, 15) is 0 Å². The minimum Gasteiger partial charge on any atom is -0.310 e. The van der Waals surface area contributed by atoms with Crippen LogP contribution in [0.1, 0.15) is 19.4 Å². The fraction of sp³-hybridized carbons (Fsp3) is 0.0698. The van der Waals surface area contributed by atoms with Gasteiger partial charge in [0.25, 0.3) is 0 Å². The van der Waals surface area contributed by atoms with Gasteiger partial charge in [-0.2, -0.15) is 0 Å². The Hall–Kier alpha value is -5.40. The van der Waals surface area contributed by atoms with E-state index < -0.39 is 0 Å². The van der Waals surface area contributed by atoms with Crippen LogP contribution in [-0.2, 0) is 6.42 Å². The summed E-state index contributed by atoms with van der Waals surface area (Å²) in [6.45, 7) is 8.05. The lowest BCUT2D eigenvalue weighted by atomic mass is 9.97. The van der Waals surface area contributed by atoms with Gasteiger partial charge < -0.3 is 4.90 Å². The number of hydrogen-bond donors (Lipinski definition) is 0. The van der Waals surface area contributed by atoms with Gasteiger partial charge in [0.2, 0.25) is 0 Å². The van der Waals surface area contributed by atoms with Gasteiger partial charge in [0.1, 0.15) is 0 Å². The molecule has 0 saturated heterocycles. The van der Waals surface area contributed by atoms with Crippen molar-refractivity contribution >= 4 is 38.6 Å². The molecule has 0 bridgehead atoms. The van der Waals surface area contributed by atoms with Crippen LogP contribution >= 0.6 is 0 Å². The molecular weight excluding hydrogens is 530 g/mol. The Bertz CT molecular complexity index is 1990. The van der Waals surface area contributed by atoms with E-state index in [0.717, 1.165) is 23.5 Å². The van der Waals surface area contributed by atoms with Gasteiger partial charge >= 0.3 is 0 Å². The van der Waals surface area contributed by atoms with Gasteiger partial charge in [0, 0.05) is 16.8 Å². The summed E-state index contributed by atoms with van der Waals surface area (Å²) < 4.78 is 0. The highest BCUT2D eigenvalue weighted by Crippen LogP contribution is 2.40. The van der Waals surface area contributed by atoms with Crippen molar-refractivity contribution in [2.75, 3.05) is 4.90 Å². The quantitative estimate of drug-likeness (QED) is 0.157. The zero-order valence-corrected chi connectivity index (χ0v) is 25.4. The highest BCUT2D eigenvalue weighted by Gasteiger charge is 2.16. The summed E-state index contributed by atoms with van der Waals surface area (Å²) in [6.07, 6.45) is 11.1. The third-order valence-electron chi connectivity index (χ3n) is 8.18. The van der Waals surface area contributed by atoms with Crippen molar-refractivity contribution in [3.63, 3.8) is 0 Å². The molecule has 0 aliphatic carbocycles. The fourth-order valence-corrected chi connectivity index (χ4v) is 5.93. The van der Waals surface area contributed by atoms with Gasteiger partial charge in [0.15, 0.2) is 0 Å². The fourth-order valence-electron chi connectivity index (χ4n) is 5.93. The molecule has 1 nitrogen and oxygen atoms in total. The van der Waals surface area contributed by atoms with Crippen molar-refractivity contribution in [3.8, 4) is 11.1 Å². The Balaban J connectivity index is 1.41. The second kappa shape index (κ2) is 13.3. The van der Waals surface area contributed by atoms with Crippen LogP contribution in [0.2, 0.25) is 0 Å². The first-order valence-electron chi connectivity index (χ1n) is 15.2. The number of hydrogen-bond acceptors (Lipinski definition) is 1. The molecule has 6 aromatic carbocycles. The standard InChI is InChI=1S/C43H37N/c1-4-6-14-32(3)37(13-5-2)31-33-23-27-38(28-24-33)44(43-22-12-18-35-16-8-10-20-42(35)43)39-29-25-36(26-30-39)41-21-11-17-34-15-7-9-19-40(34)41/h4-30H,1,31H2,2-3H3/b13-5-,14-6-,37-32-. The molecule has 6 rings (SSSR count). The molecule has 0 fully saturated rings. The summed E-state index contributed by atoms with van der Waals surface area (Å²) in [4.78, 5) is 2.37. The molecule has 0 radical (unpaired) electrons. The Kier molecular flexibility index (Phi) is 8.66. The summed E-state index contributed by atoms with van der Waals surface area (Å²) >= 11 is 0. The zero-order chi connectivity index (χ0) is 30.3.